The van der Waals surface area contributed by atoms with E-state index in [9.17, 15) is 14.0 Å². The van der Waals surface area contributed by atoms with Crippen LogP contribution < -0.4 is 15.5 Å². The molecule has 1 aromatic carbocycles. The lowest BCUT2D eigenvalue weighted by atomic mass is 9.97. The molecular formula is C19H24FN3O2. The topological polar surface area (TPSA) is 61.4 Å². The molecule has 0 radical (unpaired) electrons. The molecule has 1 fully saturated rings. The van der Waals surface area contributed by atoms with Gasteiger partial charge in [0, 0.05) is 25.2 Å². The fraction of sp³-hybridized carbons (Fsp3) is 0.474. The molecule has 3 rings (SSSR count). The first kappa shape index (κ1) is 17.5. The summed E-state index contributed by atoms with van der Waals surface area (Å²) in [7, 11) is 0. The predicted octanol–water partition coefficient (Wildman–Crippen LogP) is 3.12. The van der Waals surface area contributed by atoms with Crippen molar-refractivity contribution in [3.8, 4) is 0 Å². The van der Waals surface area contributed by atoms with Gasteiger partial charge in [-0.3, -0.25) is 4.79 Å². The number of carbonyl (C=O) groups excluding carboxylic acids is 2. The number of carbonyl (C=O) groups is 2. The maximum atomic E-state index is 13.0. The van der Waals surface area contributed by atoms with E-state index in [1.165, 1.54) is 30.5 Å². The molecule has 1 aliphatic heterocycles. The zero-order chi connectivity index (χ0) is 17.6. The molecule has 1 atom stereocenters. The van der Waals surface area contributed by atoms with Gasteiger partial charge in [-0.05, 0) is 56.4 Å². The van der Waals surface area contributed by atoms with Crippen molar-refractivity contribution in [1.29, 1.82) is 0 Å². The molecule has 2 N–H and O–H groups in total. The Bertz CT molecular complexity index is 657. The molecule has 1 heterocycles. The van der Waals surface area contributed by atoms with Crippen LogP contribution in [0.3, 0.4) is 0 Å². The number of halogens is 1. The Labute approximate surface area is 147 Å². The van der Waals surface area contributed by atoms with E-state index >= 15 is 0 Å². The number of hydrogen-bond acceptors (Lipinski definition) is 2. The molecule has 25 heavy (non-hydrogen) atoms. The van der Waals surface area contributed by atoms with E-state index in [0.717, 1.165) is 19.3 Å². The molecule has 0 bridgehead atoms. The minimum Gasteiger partial charge on any atom is -0.338 e. The third-order valence-electron chi connectivity index (χ3n) is 4.72. The van der Waals surface area contributed by atoms with Crippen LogP contribution in [0, 0.1) is 5.82 Å². The second-order valence-electron chi connectivity index (χ2n) is 6.64. The number of allylic oxidation sites excluding steroid dienone is 1. The van der Waals surface area contributed by atoms with Gasteiger partial charge < -0.3 is 15.5 Å². The molecule has 134 valence electrons. The Morgan fingerprint density at radius 3 is 2.76 bits per heavy atom. The van der Waals surface area contributed by atoms with Gasteiger partial charge in [0.05, 0.1) is 6.04 Å². The Morgan fingerprint density at radius 1 is 1.24 bits per heavy atom. The molecular weight excluding hydrogens is 321 g/mol. The van der Waals surface area contributed by atoms with Gasteiger partial charge in [0.15, 0.2) is 0 Å². The standard InChI is InChI=1S/C19H24FN3O2/c20-15-6-8-17(9-7-15)23-13-16(12-18(23)24)22-19(25)21-11-10-14-4-2-1-3-5-14/h4,6-9,16H,1-3,5,10-13H2,(H2,21,22,25)/t16-/m0/s1. The minimum absolute atomic E-state index is 0.0655. The van der Waals surface area contributed by atoms with Crippen molar-refractivity contribution in [1.82, 2.24) is 10.6 Å². The first-order chi connectivity index (χ1) is 12.1. The molecule has 5 nitrogen and oxygen atoms in total. The predicted molar refractivity (Wildman–Crippen MR) is 94.9 cm³/mol. The number of anilines is 1. The summed E-state index contributed by atoms with van der Waals surface area (Å²) in [5.41, 5.74) is 2.07. The van der Waals surface area contributed by atoms with E-state index in [1.54, 1.807) is 17.0 Å². The second kappa shape index (κ2) is 8.14. The summed E-state index contributed by atoms with van der Waals surface area (Å²) in [4.78, 5) is 25.7. The lowest BCUT2D eigenvalue weighted by Gasteiger charge is -2.18. The highest BCUT2D eigenvalue weighted by Crippen LogP contribution is 2.22. The molecule has 1 aliphatic carbocycles. The molecule has 2 aliphatic rings. The van der Waals surface area contributed by atoms with Crippen molar-refractivity contribution in [3.63, 3.8) is 0 Å². The van der Waals surface area contributed by atoms with E-state index in [0.29, 0.717) is 18.8 Å². The van der Waals surface area contributed by atoms with Crippen LogP contribution in [0.2, 0.25) is 0 Å². The quantitative estimate of drug-likeness (QED) is 0.806. The van der Waals surface area contributed by atoms with Gasteiger partial charge in [-0.25, -0.2) is 9.18 Å². The number of benzene rings is 1. The van der Waals surface area contributed by atoms with Crippen LogP contribution in [0.4, 0.5) is 14.9 Å². The highest BCUT2D eigenvalue weighted by Gasteiger charge is 2.31. The van der Waals surface area contributed by atoms with Gasteiger partial charge in [0.1, 0.15) is 5.82 Å². The third-order valence-corrected chi connectivity index (χ3v) is 4.72. The van der Waals surface area contributed by atoms with Crippen LogP contribution in [-0.4, -0.2) is 31.1 Å². The van der Waals surface area contributed by atoms with Crippen LogP contribution >= 0.6 is 0 Å². The zero-order valence-corrected chi connectivity index (χ0v) is 14.3. The van der Waals surface area contributed by atoms with Gasteiger partial charge in [-0.1, -0.05) is 11.6 Å². The average molecular weight is 345 g/mol. The molecule has 3 amide bonds. The van der Waals surface area contributed by atoms with Crippen molar-refractivity contribution >= 4 is 17.6 Å². The molecule has 1 saturated heterocycles. The maximum Gasteiger partial charge on any atom is 0.315 e. The summed E-state index contributed by atoms with van der Waals surface area (Å²) in [5.74, 6) is -0.401. The molecule has 0 spiro atoms. The normalized spacial score (nSPS) is 20.4. The summed E-state index contributed by atoms with van der Waals surface area (Å²) in [6, 6.07) is 5.34. The summed E-state index contributed by atoms with van der Waals surface area (Å²) >= 11 is 0. The average Bonchev–Trinajstić information content (AvgIpc) is 2.96. The summed E-state index contributed by atoms with van der Waals surface area (Å²) in [5, 5.41) is 5.72. The van der Waals surface area contributed by atoms with Crippen LogP contribution in [-0.2, 0) is 4.79 Å². The molecule has 0 aromatic heterocycles. The van der Waals surface area contributed by atoms with Crippen molar-refractivity contribution in [2.75, 3.05) is 18.0 Å². The van der Waals surface area contributed by atoms with Gasteiger partial charge in [0.2, 0.25) is 5.91 Å². The Balaban J connectivity index is 1.43. The molecule has 0 unspecified atom stereocenters. The van der Waals surface area contributed by atoms with Gasteiger partial charge >= 0.3 is 6.03 Å². The van der Waals surface area contributed by atoms with Gasteiger partial charge in [-0.2, -0.15) is 0 Å². The molecule has 1 aromatic rings. The molecule has 0 saturated carbocycles. The largest absolute Gasteiger partial charge is 0.338 e. The van der Waals surface area contributed by atoms with E-state index in [2.05, 4.69) is 16.7 Å². The maximum absolute atomic E-state index is 13.0. The smallest absolute Gasteiger partial charge is 0.315 e. The Kier molecular flexibility index (Phi) is 5.68. The number of nitrogens with one attached hydrogen (secondary N) is 2. The SMILES string of the molecule is O=C(NCCC1=CCCCC1)N[C@H]1CC(=O)N(c2ccc(F)cc2)C1. The number of amides is 3. The summed E-state index contributed by atoms with van der Waals surface area (Å²) in [6.45, 7) is 1.02. The van der Waals surface area contributed by atoms with Crippen LogP contribution in [0.5, 0.6) is 0 Å². The zero-order valence-electron chi connectivity index (χ0n) is 14.3. The first-order valence-corrected chi connectivity index (χ1v) is 8.90. The minimum atomic E-state index is -0.336. The van der Waals surface area contributed by atoms with Crippen molar-refractivity contribution in [2.24, 2.45) is 0 Å². The number of rotatable bonds is 5. The summed E-state index contributed by atoms with van der Waals surface area (Å²) in [6.07, 6.45) is 8.20. The highest BCUT2D eigenvalue weighted by molar-refractivity contribution is 5.96. The highest BCUT2D eigenvalue weighted by atomic mass is 19.1. The number of hydrogen-bond donors (Lipinski definition) is 2. The molecule has 6 heteroatoms. The van der Waals surface area contributed by atoms with Crippen LogP contribution in [0.15, 0.2) is 35.9 Å². The lowest BCUT2D eigenvalue weighted by Crippen LogP contribution is -2.43. The number of urea groups is 1. The van der Waals surface area contributed by atoms with Gasteiger partial charge in [-0.15, -0.1) is 0 Å². The van der Waals surface area contributed by atoms with Crippen molar-refractivity contribution < 1.29 is 14.0 Å². The van der Waals surface area contributed by atoms with Crippen LogP contribution in [0.25, 0.3) is 0 Å². The fourth-order valence-corrected chi connectivity index (χ4v) is 3.38. The first-order valence-electron chi connectivity index (χ1n) is 8.90. The second-order valence-corrected chi connectivity index (χ2v) is 6.64. The van der Waals surface area contributed by atoms with E-state index < -0.39 is 0 Å². The van der Waals surface area contributed by atoms with E-state index in [4.69, 9.17) is 0 Å². The van der Waals surface area contributed by atoms with E-state index in [1.807, 2.05) is 0 Å². The summed E-state index contributed by atoms with van der Waals surface area (Å²) < 4.78 is 13.0. The fourth-order valence-electron chi connectivity index (χ4n) is 3.38. The Hall–Kier alpha value is -2.37. The lowest BCUT2D eigenvalue weighted by molar-refractivity contribution is -0.117. The number of nitrogens with zero attached hydrogens (tertiary/aromatic N) is 1. The van der Waals surface area contributed by atoms with Crippen molar-refractivity contribution in [3.05, 3.63) is 41.7 Å². The monoisotopic (exact) mass is 345 g/mol. The van der Waals surface area contributed by atoms with Crippen LogP contribution in [0.1, 0.15) is 38.5 Å². The third kappa shape index (κ3) is 4.81. The Morgan fingerprint density at radius 2 is 2.04 bits per heavy atom. The van der Waals surface area contributed by atoms with Crippen molar-refractivity contribution in [2.45, 2.75) is 44.6 Å². The van der Waals surface area contributed by atoms with E-state index in [-0.39, 0.29) is 30.2 Å². The van der Waals surface area contributed by atoms with Gasteiger partial charge in [0.25, 0.3) is 0 Å².